The lowest BCUT2D eigenvalue weighted by atomic mass is 9.95. The van der Waals surface area contributed by atoms with E-state index in [2.05, 4.69) is 9.97 Å². The first-order valence-electron chi connectivity index (χ1n) is 7.16. The van der Waals surface area contributed by atoms with E-state index in [-0.39, 0.29) is 0 Å². The van der Waals surface area contributed by atoms with Crippen LogP contribution >= 0.6 is 0 Å². The Kier molecular flexibility index (Phi) is 3.26. The Morgan fingerprint density at radius 1 is 1.10 bits per heavy atom. The van der Waals surface area contributed by atoms with Gasteiger partial charge in [-0.05, 0) is 38.5 Å². The zero-order valence-corrected chi connectivity index (χ0v) is 12.5. The second-order valence-corrected chi connectivity index (χ2v) is 5.41. The number of benzene rings is 1. The third-order valence-electron chi connectivity index (χ3n) is 3.82. The summed E-state index contributed by atoms with van der Waals surface area (Å²) in [7, 11) is 0. The molecule has 0 bridgehead atoms. The number of aryl methyl sites for hydroxylation is 2. The number of hydrogen-bond donors (Lipinski definition) is 1. The van der Waals surface area contributed by atoms with E-state index in [0.29, 0.717) is 12.4 Å². The number of aromatic nitrogens is 3. The molecule has 2 heterocycles. The van der Waals surface area contributed by atoms with E-state index < -0.39 is 5.60 Å². The molecule has 0 fully saturated rings. The summed E-state index contributed by atoms with van der Waals surface area (Å²) in [4.78, 5) is 9.19. The first kappa shape index (κ1) is 13.8. The monoisotopic (exact) mass is 281 g/mol. The van der Waals surface area contributed by atoms with Crippen molar-refractivity contribution in [3.05, 3.63) is 59.5 Å². The van der Waals surface area contributed by atoms with Crippen LogP contribution in [0, 0.1) is 6.92 Å². The molecule has 1 atom stereocenters. The Labute approximate surface area is 124 Å². The Bertz CT molecular complexity index is 775. The average molecular weight is 281 g/mol. The summed E-state index contributed by atoms with van der Waals surface area (Å²) in [6, 6.07) is 13.5. The molecule has 0 radical (unpaired) electrons. The van der Waals surface area contributed by atoms with Crippen molar-refractivity contribution in [3.63, 3.8) is 0 Å². The molecule has 2 aromatic heterocycles. The molecule has 4 heteroatoms. The van der Waals surface area contributed by atoms with Crippen LogP contribution in [0.5, 0.6) is 0 Å². The summed E-state index contributed by atoms with van der Waals surface area (Å²) in [6.45, 7) is 6.49. The highest BCUT2D eigenvalue weighted by Crippen LogP contribution is 2.30. The number of rotatable bonds is 3. The normalized spacial score (nSPS) is 14.3. The van der Waals surface area contributed by atoms with Crippen molar-refractivity contribution in [1.29, 1.82) is 0 Å². The minimum absolute atomic E-state index is 0.629. The molecule has 0 spiro atoms. The largest absolute Gasteiger partial charge is 0.377 e. The van der Waals surface area contributed by atoms with Crippen molar-refractivity contribution >= 4 is 11.2 Å². The van der Waals surface area contributed by atoms with Crippen LogP contribution in [0.15, 0.2) is 42.5 Å². The number of nitrogens with zero attached hydrogens (tertiary/aromatic N) is 3. The van der Waals surface area contributed by atoms with Gasteiger partial charge in [0.15, 0.2) is 5.65 Å². The third kappa shape index (κ3) is 2.21. The smallest absolute Gasteiger partial charge is 0.160 e. The van der Waals surface area contributed by atoms with Gasteiger partial charge in [0.2, 0.25) is 0 Å². The first-order chi connectivity index (χ1) is 10.0. The Balaban J connectivity index is 2.24. The van der Waals surface area contributed by atoms with Crippen molar-refractivity contribution in [1.82, 2.24) is 14.5 Å². The van der Waals surface area contributed by atoms with Crippen molar-refractivity contribution in [2.75, 3.05) is 0 Å². The molecule has 0 aliphatic rings. The molecule has 0 saturated heterocycles. The van der Waals surface area contributed by atoms with E-state index in [1.54, 1.807) is 6.92 Å². The predicted molar refractivity (Wildman–Crippen MR) is 83.1 cm³/mol. The highest BCUT2D eigenvalue weighted by Gasteiger charge is 2.31. The van der Waals surface area contributed by atoms with Crippen LogP contribution in [0.1, 0.15) is 30.9 Å². The molecule has 1 N–H and O–H groups in total. The molecule has 3 aromatic rings. The fourth-order valence-corrected chi connectivity index (χ4v) is 2.66. The molecule has 0 aliphatic carbocycles. The maximum Gasteiger partial charge on any atom is 0.160 e. The minimum Gasteiger partial charge on any atom is -0.377 e. The lowest BCUT2D eigenvalue weighted by molar-refractivity contribution is 0.0887. The van der Waals surface area contributed by atoms with Crippen molar-refractivity contribution in [2.45, 2.75) is 32.9 Å². The average Bonchev–Trinajstić information content (AvgIpc) is 2.86. The Hall–Kier alpha value is -2.20. The Morgan fingerprint density at radius 2 is 1.81 bits per heavy atom. The van der Waals surface area contributed by atoms with Gasteiger partial charge in [0.25, 0.3) is 0 Å². The van der Waals surface area contributed by atoms with Gasteiger partial charge < -0.3 is 9.67 Å². The van der Waals surface area contributed by atoms with Gasteiger partial charge in [-0.2, -0.15) is 0 Å². The molecule has 1 aromatic carbocycles. The zero-order chi connectivity index (χ0) is 15.0. The quantitative estimate of drug-likeness (QED) is 0.803. The minimum atomic E-state index is -1.15. The summed E-state index contributed by atoms with van der Waals surface area (Å²) in [5.74, 6) is 0.629. The van der Waals surface area contributed by atoms with Crippen molar-refractivity contribution in [3.8, 4) is 0 Å². The maximum absolute atomic E-state index is 11.0. The SMILES string of the molecule is CCn1c(C(C)(O)c2ccccc2)nc2ccc(C)nc21. The van der Waals surface area contributed by atoms with Gasteiger partial charge in [0.1, 0.15) is 16.9 Å². The van der Waals surface area contributed by atoms with Gasteiger partial charge in [0.05, 0.1) is 0 Å². The number of aliphatic hydroxyl groups is 1. The third-order valence-corrected chi connectivity index (χ3v) is 3.82. The maximum atomic E-state index is 11.0. The van der Waals surface area contributed by atoms with Crippen LogP contribution in [-0.4, -0.2) is 19.6 Å². The topological polar surface area (TPSA) is 50.9 Å². The van der Waals surface area contributed by atoms with Crippen molar-refractivity contribution < 1.29 is 5.11 Å². The standard InChI is InChI=1S/C17H19N3O/c1-4-20-15-14(11-10-12(2)18-15)19-16(20)17(3,21)13-8-6-5-7-9-13/h5-11,21H,4H2,1-3H3. The van der Waals surface area contributed by atoms with E-state index in [9.17, 15) is 5.11 Å². The molecule has 108 valence electrons. The van der Waals surface area contributed by atoms with Gasteiger partial charge in [0, 0.05) is 12.2 Å². The van der Waals surface area contributed by atoms with Crippen LogP contribution in [0.3, 0.4) is 0 Å². The predicted octanol–water partition coefficient (Wildman–Crippen LogP) is 3.02. The lowest BCUT2D eigenvalue weighted by Crippen LogP contribution is -2.27. The van der Waals surface area contributed by atoms with E-state index in [1.165, 1.54) is 0 Å². The zero-order valence-electron chi connectivity index (χ0n) is 12.5. The highest BCUT2D eigenvalue weighted by molar-refractivity contribution is 5.72. The number of imidazole rings is 1. The van der Waals surface area contributed by atoms with Gasteiger partial charge in [-0.1, -0.05) is 30.3 Å². The Morgan fingerprint density at radius 3 is 2.48 bits per heavy atom. The van der Waals surface area contributed by atoms with Crippen LogP contribution in [-0.2, 0) is 12.1 Å². The number of pyridine rings is 1. The number of fused-ring (bicyclic) bond motifs is 1. The summed E-state index contributed by atoms with van der Waals surface area (Å²) < 4.78 is 1.98. The van der Waals surface area contributed by atoms with Crippen LogP contribution < -0.4 is 0 Å². The van der Waals surface area contributed by atoms with Crippen LogP contribution in [0.4, 0.5) is 0 Å². The molecule has 3 rings (SSSR count). The molecule has 0 aliphatic heterocycles. The summed E-state index contributed by atoms with van der Waals surface area (Å²) in [6.07, 6.45) is 0. The second-order valence-electron chi connectivity index (χ2n) is 5.41. The molecular formula is C17H19N3O. The molecule has 1 unspecified atom stereocenters. The van der Waals surface area contributed by atoms with Crippen LogP contribution in [0.2, 0.25) is 0 Å². The fraction of sp³-hybridized carbons (Fsp3) is 0.294. The van der Waals surface area contributed by atoms with E-state index >= 15 is 0 Å². The highest BCUT2D eigenvalue weighted by atomic mass is 16.3. The summed E-state index contributed by atoms with van der Waals surface area (Å²) >= 11 is 0. The second kappa shape index (κ2) is 4.97. The summed E-state index contributed by atoms with van der Waals surface area (Å²) in [5.41, 5.74) is 2.26. The van der Waals surface area contributed by atoms with Gasteiger partial charge >= 0.3 is 0 Å². The van der Waals surface area contributed by atoms with Crippen molar-refractivity contribution in [2.24, 2.45) is 0 Å². The molecule has 21 heavy (non-hydrogen) atoms. The van der Waals surface area contributed by atoms with Gasteiger partial charge in [-0.15, -0.1) is 0 Å². The summed E-state index contributed by atoms with van der Waals surface area (Å²) in [5, 5.41) is 11.0. The lowest BCUT2D eigenvalue weighted by Gasteiger charge is -2.24. The fourth-order valence-electron chi connectivity index (χ4n) is 2.66. The van der Waals surface area contributed by atoms with E-state index in [1.807, 2.05) is 60.9 Å². The van der Waals surface area contributed by atoms with Crippen LogP contribution in [0.25, 0.3) is 11.2 Å². The molecule has 4 nitrogen and oxygen atoms in total. The number of hydrogen-bond acceptors (Lipinski definition) is 3. The van der Waals surface area contributed by atoms with E-state index in [4.69, 9.17) is 0 Å². The van der Waals surface area contributed by atoms with E-state index in [0.717, 1.165) is 22.4 Å². The molecule has 0 saturated carbocycles. The van der Waals surface area contributed by atoms with Gasteiger partial charge in [-0.25, -0.2) is 9.97 Å². The molecular weight excluding hydrogens is 262 g/mol. The molecule has 0 amide bonds. The first-order valence-corrected chi connectivity index (χ1v) is 7.16. The van der Waals surface area contributed by atoms with Gasteiger partial charge in [-0.3, -0.25) is 0 Å².